The first-order chi connectivity index (χ1) is 17.5. The second-order valence-corrected chi connectivity index (χ2v) is 12.0. The summed E-state index contributed by atoms with van der Waals surface area (Å²) >= 11 is 1.61. The molecule has 0 saturated heterocycles. The fraction of sp³-hybridized carbons (Fsp3) is 0.708. The van der Waals surface area contributed by atoms with Crippen molar-refractivity contribution in [2.45, 2.75) is 85.5 Å². The number of carbonyl (C=O) groups excluding carboxylic acids is 6. The lowest BCUT2D eigenvalue weighted by molar-refractivity contribution is -0.141. The molecule has 216 valence electrons. The Hall–Kier alpha value is -2.61. The first-order valence-corrected chi connectivity index (χ1v) is 14.2. The lowest BCUT2D eigenvalue weighted by atomic mass is 9.99. The van der Waals surface area contributed by atoms with Crippen LogP contribution in [-0.2, 0) is 33.6 Å². The number of carboxylic acid groups (broad SMARTS) is 1. The van der Waals surface area contributed by atoms with Gasteiger partial charge in [-0.1, -0.05) is 51.2 Å². The van der Waals surface area contributed by atoms with Gasteiger partial charge in [0.05, 0.1) is 0 Å². The summed E-state index contributed by atoms with van der Waals surface area (Å²) in [5.74, 6) is -4.13. The molecule has 0 unspecified atom stereocenters. The predicted molar refractivity (Wildman–Crippen MR) is 146 cm³/mol. The molecule has 0 aliphatic rings. The average molecular weight is 577 g/mol. The third kappa shape index (κ3) is 15.6. The van der Waals surface area contributed by atoms with E-state index in [0.717, 1.165) is 23.5 Å². The molecule has 0 aliphatic heterocycles. The molecule has 0 aromatic heterocycles. The van der Waals surface area contributed by atoms with Crippen LogP contribution in [0.2, 0.25) is 0 Å². The van der Waals surface area contributed by atoms with Gasteiger partial charge in [0.15, 0.2) is 10.2 Å². The zero-order valence-corrected chi connectivity index (χ0v) is 24.5. The first-order valence-electron chi connectivity index (χ1n) is 12.2. The number of rotatable bonds is 16. The zero-order valence-electron chi connectivity index (χ0n) is 22.9. The average Bonchev–Trinajstić information content (AvgIpc) is 2.76. The highest BCUT2D eigenvalue weighted by Gasteiger charge is 2.32. The van der Waals surface area contributed by atoms with Crippen LogP contribution in [0, 0.1) is 11.8 Å². The summed E-state index contributed by atoms with van der Waals surface area (Å²) in [6, 6.07) is -4.57. The summed E-state index contributed by atoms with van der Waals surface area (Å²) in [4.78, 5) is 84.9. The van der Waals surface area contributed by atoms with Crippen molar-refractivity contribution in [3.63, 3.8) is 0 Å². The second-order valence-electron chi connectivity index (χ2n) is 9.64. The molecule has 0 aromatic carbocycles. The van der Waals surface area contributed by atoms with E-state index >= 15 is 0 Å². The minimum absolute atomic E-state index is 0.0238. The highest BCUT2D eigenvalue weighted by molar-refractivity contribution is 8.13. The summed E-state index contributed by atoms with van der Waals surface area (Å²) in [7, 11) is 0. The van der Waals surface area contributed by atoms with Crippen LogP contribution < -0.4 is 21.3 Å². The van der Waals surface area contributed by atoms with Gasteiger partial charge in [-0.05, 0) is 24.7 Å². The molecule has 38 heavy (non-hydrogen) atoms. The van der Waals surface area contributed by atoms with Crippen molar-refractivity contribution in [1.29, 1.82) is 0 Å². The van der Waals surface area contributed by atoms with Gasteiger partial charge in [0.25, 0.3) is 0 Å². The van der Waals surface area contributed by atoms with Crippen molar-refractivity contribution in [1.82, 2.24) is 21.3 Å². The Bertz CT molecular complexity index is 881. The number of carboxylic acids is 1. The van der Waals surface area contributed by atoms with Gasteiger partial charge in [-0.15, -0.1) is 0 Å². The van der Waals surface area contributed by atoms with Crippen LogP contribution in [-0.4, -0.2) is 80.6 Å². The molecule has 4 atom stereocenters. The molecule has 0 bridgehead atoms. The summed E-state index contributed by atoms with van der Waals surface area (Å²) in [5.41, 5.74) is 0. The highest BCUT2D eigenvalue weighted by Crippen LogP contribution is 2.11. The van der Waals surface area contributed by atoms with Crippen molar-refractivity contribution in [3.05, 3.63) is 0 Å². The number of aliphatic carboxylic acids is 1. The van der Waals surface area contributed by atoms with Gasteiger partial charge in [-0.25, -0.2) is 4.79 Å². The van der Waals surface area contributed by atoms with E-state index in [4.69, 9.17) is 0 Å². The maximum absolute atomic E-state index is 13.2. The molecule has 0 radical (unpaired) electrons. The summed E-state index contributed by atoms with van der Waals surface area (Å²) < 4.78 is 0. The second kappa shape index (κ2) is 17.8. The number of nitrogens with one attached hydrogen (secondary N) is 4. The first kappa shape index (κ1) is 35.4. The SMILES string of the molecule is CC(=O)N[C@@H](CSC(C)=O)C(=O)N[C@@H](CC(C)C)C(=O)N[C@H](CC(C)C)C(=O)N[C@@H](CSC(C)=O)C(=O)O. The van der Waals surface area contributed by atoms with E-state index in [1.165, 1.54) is 20.8 Å². The molecule has 12 nitrogen and oxygen atoms in total. The number of hydrogen-bond acceptors (Lipinski definition) is 9. The van der Waals surface area contributed by atoms with Crippen molar-refractivity contribution >= 4 is 63.4 Å². The van der Waals surface area contributed by atoms with Gasteiger partial charge in [0.2, 0.25) is 23.6 Å². The Kier molecular flexibility index (Phi) is 16.6. The molecule has 14 heteroatoms. The maximum atomic E-state index is 13.2. The van der Waals surface area contributed by atoms with Gasteiger partial charge < -0.3 is 26.4 Å². The van der Waals surface area contributed by atoms with Crippen molar-refractivity contribution in [2.24, 2.45) is 11.8 Å². The Labute approximate surface area is 232 Å². The molecule has 0 spiro atoms. The standard InChI is InChI=1S/C24H40N4O8S2/c1-12(2)8-17(27-23(34)19(25-14(5)29)10-37-15(6)30)21(32)26-18(9-13(3)4)22(33)28-20(24(35)36)11-38-16(7)31/h12-13,17-20H,8-11H2,1-7H3,(H,25,29)(H,26,32)(H,27,34)(H,28,33)(H,35,36)/t17-,18+,19-,20-/m0/s1. The smallest absolute Gasteiger partial charge is 0.327 e. The fourth-order valence-corrected chi connectivity index (χ4v) is 4.49. The Morgan fingerprint density at radius 1 is 0.579 bits per heavy atom. The van der Waals surface area contributed by atoms with Crippen LogP contribution in [0.5, 0.6) is 0 Å². The van der Waals surface area contributed by atoms with Gasteiger partial charge >= 0.3 is 5.97 Å². The summed E-state index contributed by atoms with van der Waals surface area (Å²) in [5, 5.41) is 19.0. The molecule has 0 saturated carbocycles. The zero-order chi connectivity index (χ0) is 29.6. The molecule has 0 heterocycles. The summed E-state index contributed by atoms with van der Waals surface area (Å²) in [6.45, 7) is 11.2. The van der Waals surface area contributed by atoms with Gasteiger partial charge in [-0.3, -0.25) is 28.8 Å². The highest BCUT2D eigenvalue weighted by atomic mass is 32.2. The third-order valence-electron chi connectivity index (χ3n) is 4.90. The maximum Gasteiger partial charge on any atom is 0.327 e. The van der Waals surface area contributed by atoms with Gasteiger partial charge in [0, 0.05) is 32.3 Å². The van der Waals surface area contributed by atoms with Crippen molar-refractivity contribution in [3.8, 4) is 0 Å². The summed E-state index contributed by atoms with van der Waals surface area (Å²) in [6.07, 6.45) is 0.406. The molecular weight excluding hydrogens is 536 g/mol. The van der Waals surface area contributed by atoms with Crippen molar-refractivity contribution in [2.75, 3.05) is 11.5 Å². The predicted octanol–water partition coefficient (Wildman–Crippen LogP) is 0.682. The molecular formula is C24H40N4O8S2. The fourth-order valence-electron chi connectivity index (χ4n) is 3.23. The van der Waals surface area contributed by atoms with E-state index in [2.05, 4.69) is 21.3 Å². The Morgan fingerprint density at radius 3 is 1.24 bits per heavy atom. The third-order valence-corrected chi connectivity index (χ3v) is 6.71. The monoisotopic (exact) mass is 576 g/mol. The van der Waals surface area contributed by atoms with Crippen LogP contribution in [0.3, 0.4) is 0 Å². The van der Waals surface area contributed by atoms with Crippen LogP contribution in [0.15, 0.2) is 0 Å². The van der Waals surface area contributed by atoms with E-state index < -0.39 is 53.8 Å². The van der Waals surface area contributed by atoms with Crippen LogP contribution in [0.25, 0.3) is 0 Å². The van der Waals surface area contributed by atoms with Crippen LogP contribution in [0.4, 0.5) is 0 Å². The topological polar surface area (TPSA) is 188 Å². The van der Waals surface area contributed by atoms with E-state index in [0.29, 0.717) is 0 Å². The Morgan fingerprint density at radius 2 is 0.921 bits per heavy atom. The lowest BCUT2D eigenvalue weighted by Gasteiger charge is -2.27. The molecule has 0 rings (SSSR count). The number of amides is 4. The van der Waals surface area contributed by atoms with E-state index in [-0.39, 0.29) is 46.4 Å². The molecule has 0 fully saturated rings. The number of carbonyl (C=O) groups is 7. The van der Waals surface area contributed by atoms with Crippen LogP contribution >= 0.6 is 23.5 Å². The van der Waals surface area contributed by atoms with E-state index in [9.17, 15) is 38.7 Å². The minimum Gasteiger partial charge on any atom is -0.480 e. The normalized spacial score (nSPS) is 14.1. The quantitative estimate of drug-likeness (QED) is 0.175. The number of thioether (sulfide) groups is 2. The Balaban J connectivity index is 5.73. The minimum atomic E-state index is -1.34. The largest absolute Gasteiger partial charge is 0.480 e. The molecule has 4 amide bonds. The van der Waals surface area contributed by atoms with Crippen molar-refractivity contribution < 1.29 is 38.7 Å². The number of hydrogen-bond donors (Lipinski definition) is 5. The molecule has 0 aromatic rings. The van der Waals surface area contributed by atoms with Crippen LogP contribution in [0.1, 0.15) is 61.3 Å². The van der Waals surface area contributed by atoms with E-state index in [1.807, 2.05) is 27.7 Å². The molecule has 5 N–H and O–H groups in total. The van der Waals surface area contributed by atoms with Gasteiger partial charge in [0.1, 0.15) is 24.2 Å². The molecule has 0 aliphatic carbocycles. The van der Waals surface area contributed by atoms with Gasteiger partial charge in [-0.2, -0.15) is 0 Å². The lowest BCUT2D eigenvalue weighted by Crippen LogP contribution is -2.58. The van der Waals surface area contributed by atoms with E-state index in [1.54, 1.807) is 0 Å².